The highest BCUT2D eigenvalue weighted by atomic mass is 35.5. The maximum atomic E-state index is 11.0. The third-order valence-electron chi connectivity index (χ3n) is 1.59. The molecule has 1 atom stereocenters. The number of Topliss-reactive ketones (excluding diaryl/α,β-unsaturated/α-hetero) is 1. The van der Waals surface area contributed by atoms with E-state index in [1.165, 1.54) is 0 Å². The van der Waals surface area contributed by atoms with Gasteiger partial charge in [-0.25, -0.2) is 0 Å². The largest absolute Gasteiger partial charge is 0.300 e. The fourth-order valence-electron chi connectivity index (χ4n) is 0.984. The van der Waals surface area contributed by atoms with Crippen LogP contribution in [0.3, 0.4) is 0 Å². The molecule has 0 saturated heterocycles. The van der Waals surface area contributed by atoms with E-state index in [4.69, 9.17) is 11.6 Å². The highest BCUT2D eigenvalue weighted by Crippen LogP contribution is 2.07. The van der Waals surface area contributed by atoms with Gasteiger partial charge in [0.1, 0.15) is 5.78 Å². The summed E-state index contributed by atoms with van der Waals surface area (Å²) in [6, 6.07) is 0. The van der Waals surface area contributed by atoms with Crippen LogP contribution in [0.25, 0.3) is 0 Å². The topological polar surface area (TPSA) is 17.1 Å². The van der Waals surface area contributed by atoms with Gasteiger partial charge in [-0.3, -0.25) is 4.79 Å². The van der Waals surface area contributed by atoms with Crippen molar-refractivity contribution in [1.82, 2.24) is 0 Å². The maximum absolute atomic E-state index is 11.0. The fraction of sp³-hybridized carbons (Fsp3) is 0.889. The molecule has 0 aromatic heterocycles. The van der Waals surface area contributed by atoms with E-state index in [1.54, 1.807) is 0 Å². The lowest BCUT2D eigenvalue weighted by Gasteiger charge is -2.00. The molecule has 1 unspecified atom stereocenters. The molecule has 2 heteroatoms. The van der Waals surface area contributed by atoms with Crippen LogP contribution in [-0.4, -0.2) is 11.2 Å². The van der Waals surface area contributed by atoms with Crippen LogP contribution < -0.4 is 0 Å². The predicted octanol–water partition coefficient (Wildman–Crippen LogP) is 3.15. The molecule has 0 radical (unpaired) electrons. The zero-order valence-electron chi connectivity index (χ0n) is 7.40. The number of ketones is 1. The van der Waals surface area contributed by atoms with Gasteiger partial charge in [0.15, 0.2) is 0 Å². The van der Waals surface area contributed by atoms with E-state index in [0.29, 0.717) is 12.2 Å². The molecule has 0 bridgehead atoms. The average Bonchev–Trinajstić information content (AvgIpc) is 1.87. The second kappa shape index (κ2) is 6.66. The summed E-state index contributed by atoms with van der Waals surface area (Å²) in [5.74, 6) is 0.379. The summed E-state index contributed by atoms with van der Waals surface area (Å²) < 4.78 is 0. The first kappa shape index (κ1) is 11.0. The van der Waals surface area contributed by atoms with Crippen LogP contribution in [0.1, 0.15) is 46.0 Å². The van der Waals surface area contributed by atoms with Gasteiger partial charge in [-0.05, 0) is 26.2 Å². The summed E-state index contributed by atoms with van der Waals surface area (Å²) in [6.07, 6.45) is 4.32. The Kier molecular flexibility index (Phi) is 6.63. The Balaban J connectivity index is 3.17. The van der Waals surface area contributed by atoms with Crippen molar-refractivity contribution in [2.45, 2.75) is 51.3 Å². The fourth-order valence-corrected chi connectivity index (χ4v) is 1.14. The van der Waals surface area contributed by atoms with Crippen LogP contribution in [0.4, 0.5) is 0 Å². The number of hydrogen-bond donors (Lipinski definition) is 0. The zero-order valence-corrected chi connectivity index (χ0v) is 8.16. The Labute approximate surface area is 74.1 Å². The van der Waals surface area contributed by atoms with Crippen molar-refractivity contribution in [2.75, 3.05) is 0 Å². The van der Waals surface area contributed by atoms with Crippen molar-refractivity contribution in [3.05, 3.63) is 0 Å². The first-order valence-electron chi connectivity index (χ1n) is 4.32. The first-order valence-corrected chi connectivity index (χ1v) is 4.76. The molecule has 0 aromatic rings. The highest BCUT2D eigenvalue weighted by Gasteiger charge is 2.01. The smallest absolute Gasteiger partial charge is 0.132 e. The molecule has 66 valence electrons. The summed E-state index contributed by atoms with van der Waals surface area (Å²) in [4.78, 5) is 11.0. The van der Waals surface area contributed by atoms with Crippen LogP contribution in [0, 0.1) is 0 Å². The molecule has 0 amide bonds. The minimum atomic E-state index is 0.212. The standard InChI is InChI=1S/C9H17ClO/c1-3-5-9(11)7-4-6-8(2)10/h8H,3-7H2,1-2H3. The maximum Gasteiger partial charge on any atom is 0.132 e. The van der Waals surface area contributed by atoms with E-state index < -0.39 is 0 Å². The van der Waals surface area contributed by atoms with Gasteiger partial charge in [0.2, 0.25) is 0 Å². The molecule has 1 nitrogen and oxygen atoms in total. The van der Waals surface area contributed by atoms with Crippen LogP contribution >= 0.6 is 11.6 Å². The van der Waals surface area contributed by atoms with Crippen molar-refractivity contribution in [1.29, 1.82) is 0 Å². The number of halogens is 1. The zero-order chi connectivity index (χ0) is 8.69. The minimum Gasteiger partial charge on any atom is -0.300 e. The number of rotatable bonds is 6. The van der Waals surface area contributed by atoms with Crippen molar-refractivity contribution in [3.63, 3.8) is 0 Å². The summed E-state index contributed by atoms with van der Waals surface area (Å²) >= 11 is 5.73. The molecule has 0 heterocycles. The molecule has 0 aliphatic carbocycles. The highest BCUT2D eigenvalue weighted by molar-refractivity contribution is 6.20. The molecule has 0 N–H and O–H groups in total. The summed E-state index contributed by atoms with van der Waals surface area (Å²) in [6.45, 7) is 3.99. The van der Waals surface area contributed by atoms with Crippen LogP contribution in [0.15, 0.2) is 0 Å². The second-order valence-corrected chi connectivity index (χ2v) is 3.71. The molecule has 0 spiro atoms. The second-order valence-electron chi connectivity index (χ2n) is 2.96. The van der Waals surface area contributed by atoms with Gasteiger partial charge in [-0.2, -0.15) is 0 Å². The Morgan fingerprint density at radius 3 is 2.55 bits per heavy atom. The Morgan fingerprint density at radius 2 is 2.09 bits per heavy atom. The van der Waals surface area contributed by atoms with Crippen molar-refractivity contribution in [3.8, 4) is 0 Å². The summed E-state index contributed by atoms with van der Waals surface area (Å²) in [5.41, 5.74) is 0. The lowest BCUT2D eigenvalue weighted by molar-refractivity contribution is -0.119. The SMILES string of the molecule is CCCC(=O)CCCC(C)Cl. The quantitative estimate of drug-likeness (QED) is 0.569. The molecule has 0 aliphatic heterocycles. The molecule has 0 fully saturated rings. The predicted molar refractivity (Wildman–Crippen MR) is 49.1 cm³/mol. The van der Waals surface area contributed by atoms with E-state index in [9.17, 15) is 4.79 Å². The Morgan fingerprint density at radius 1 is 1.45 bits per heavy atom. The summed E-state index contributed by atoms with van der Waals surface area (Å²) in [5, 5.41) is 0.212. The number of carbonyl (C=O) groups excluding carboxylic acids is 1. The van der Waals surface area contributed by atoms with Gasteiger partial charge in [-0.1, -0.05) is 6.92 Å². The van der Waals surface area contributed by atoms with E-state index in [1.807, 2.05) is 13.8 Å². The third-order valence-corrected chi connectivity index (χ3v) is 1.80. The van der Waals surface area contributed by atoms with E-state index in [0.717, 1.165) is 25.7 Å². The number of alkyl halides is 1. The number of carbonyl (C=O) groups is 1. The lowest BCUT2D eigenvalue weighted by atomic mass is 10.1. The van der Waals surface area contributed by atoms with Crippen molar-refractivity contribution >= 4 is 17.4 Å². The Hall–Kier alpha value is -0.0400. The van der Waals surface area contributed by atoms with E-state index in [2.05, 4.69) is 0 Å². The van der Waals surface area contributed by atoms with Crippen LogP contribution in [0.2, 0.25) is 0 Å². The third kappa shape index (κ3) is 7.86. The molecular weight excluding hydrogens is 160 g/mol. The monoisotopic (exact) mass is 176 g/mol. The van der Waals surface area contributed by atoms with Gasteiger partial charge in [0.05, 0.1) is 0 Å². The Bertz CT molecular complexity index is 110. The lowest BCUT2D eigenvalue weighted by Crippen LogP contribution is -1.98. The molecule has 0 aromatic carbocycles. The van der Waals surface area contributed by atoms with Crippen molar-refractivity contribution in [2.24, 2.45) is 0 Å². The van der Waals surface area contributed by atoms with Gasteiger partial charge in [-0.15, -0.1) is 11.6 Å². The van der Waals surface area contributed by atoms with Gasteiger partial charge in [0, 0.05) is 18.2 Å². The minimum absolute atomic E-state index is 0.212. The van der Waals surface area contributed by atoms with E-state index >= 15 is 0 Å². The molecule has 0 rings (SSSR count). The van der Waals surface area contributed by atoms with Crippen LogP contribution in [0.5, 0.6) is 0 Å². The summed E-state index contributed by atoms with van der Waals surface area (Å²) in [7, 11) is 0. The first-order chi connectivity index (χ1) is 5.16. The molecular formula is C9H17ClO. The number of hydrogen-bond acceptors (Lipinski definition) is 1. The van der Waals surface area contributed by atoms with E-state index in [-0.39, 0.29) is 5.38 Å². The normalized spacial score (nSPS) is 13.0. The van der Waals surface area contributed by atoms with Gasteiger partial charge in [0.25, 0.3) is 0 Å². The van der Waals surface area contributed by atoms with Gasteiger partial charge >= 0.3 is 0 Å². The van der Waals surface area contributed by atoms with Crippen molar-refractivity contribution < 1.29 is 4.79 Å². The molecule has 11 heavy (non-hydrogen) atoms. The van der Waals surface area contributed by atoms with Gasteiger partial charge < -0.3 is 0 Å². The molecule has 0 aliphatic rings. The average molecular weight is 177 g/mol. The molecule has 0 saturated carbocycles. The van der Waals surface area contributed by atoms with Crippen LogP contribution in [-0.2, 0) is 4.79 Å².